The van der Waals surface area contributed by atoms with Crippen LogP contribution in [0.25, 0.3) is 0 Å². The molecule has 1 aromatic rings. The van der Waals surface area contributed by atoms with E-state index in [9.17, 15) is 8.42 Å². The fraction of sp³-hybridized carbons (Fsp3) is 0.385. The third-order valence-electron chi connectivity index (χ3n) is 2.30. The summed E-state index contributed by atoms with van der Waals surface area (Å²) in [4.78, 5) is 0. The number of sulfonamides is 1. The highest BCUT2D eigenvalue weighted by atomic mass is 32.2. The van der Waals surface area contributed by atoms with E-state index in [1.165, 1.54) is 0 Å². The monoisotopic (exact) mass is 266 g/mol. The topological polar surface area (TPSA) is 72.2 Å². The first-order chi connectivity index (χ1) is 8.48. The summed E-state index contributed by atoms with van der Waals surface area (Å²) in [5.41, 5.74) is 7.66. The molecule has 5 heteroatoms. The molecule has 1 aromatic carbocycles. The van der Waals surface area contributed by atoms with E-state index in [0.29, 0.717) is 18.7 Å². The van der Waals surface area contributed by atoms with Crippen molar-refractivity contribution < 1.29 is 8.42 Å². The van der Waals surface area contributed by atoms with Gasteiger partial charge in [-0.25, -0.2) is 8.42 Å². The average Bonchev–Trinajstić information content (AvgIpc) is 2.27. The first-order valence-electron chi connectivity index (χ1n) is 5.78. The van der Waals surface area contributed by atoms with Gasteiger partial charge in [-0.3, -0.25) is 4.72 Å². The molecule has 0 fully saturated rings. The van der Waals surface area contributed by atoms with Crippen LogP contribution in [0.2, 0.25) is 0 Å². The molecule has 0 atom stereocenters. The Morgan fingerprint density at radius 1 is 1.39 bits per heavy atom. The number of aryl methyl sites for hydroxylation is 1. The Bertz CT molecular complexity index is 568. The molecule has 0 amide bonds. The molecule has 0 saturated carbocycles. The number of rotatable bonds is 4. The van der Waals surface area contributed by atoms with Gasteiger partial charge in [0.05, 0.1) is 12.3 Å². The number of nitrogens with one attached hydrogen (secondary N) is 1. The maximum Gasteiger partial charge on any atom is 0.232 e. The Labute approximate surface area is 109 Å². The Kier molecular flexibility index (Phi) is 5.20. The largest absolute Gasteiger partial charge is 0.320 e. The van der Waals surface area contributed by atoms with Gasteiger partial charge in [0.25, 0.3) is 0 Å². The highest BCUT2D eigenvalue weighted by Gasteiger charge is 2.09. The third-order valence-corrected chi connectivity index (χ3v) is 3.79. The molecule has 0 aromatic heterocycles. The lowest BCUT2D eigenvalue weighted by Gasteiger charge is -2.08. The minimum Gasteiger partial charge on any atom is -0.320 e. The Morgan fingerprint density at radius 3 is 2.67 bits per heavy atom. The second kappa shape index (κ2) is 6.43. The zero-order valence-electron chi connectivity index (χ0n) is 10.7. The van der Waals surface area contributed by atoms with Crippen molar-refractivity contribution in [3.63, 3.8) is 0 Å². The molecule has 4 nitrogen and oxygen atoms in total. The average molecular weight is 266 g/mol. The van der Waals surface area contributed by atoms with Crippen LogP contribution in [-0.4, -0.2) is 20.7 Å². The lowest BCUT2D eigenvalue weighted by molar-refractivity contribution is 0.600. The van der Waals surface area contributed by atoms with Crippen molar-refractivity contribution in [2.75, 3.05) is 17.0 Å². The first-order valence-corrected chi connectivity index (χ1v) is 7.44. The fourth-order valence-electron chi connectivity index (χ4n) is 1.51. The van der Waals surface area contributed by atoms with Gasteiger partial charge in [0.15, 0.2) is 0 Å². The van der Waals surface area contributed by atoms with Crippen molar-refractivity contribution in [3.8, 4) is 11.8 Å². The Hall–Kier alpha value is -1.51. The number of hydrogen-bond acceptors (Lipinski definition) is 3. The summed E-state index contributed by atoms with van der Waals surface area (Å²) in [6.45, 7) is 4.03. The standard InChI is InChI=1S/C13H18N2O2S/c1-3-9-18(16,17)15-13-7-6-12(5-4-8-14)11(2)10-13/h6-7,10,15H,3,8-9,14H2,1-2H3. The molecule has 98 valence electrons. The number of anilines is 1. The highest BCUT2D eigenvalue weighted by Crippen LogP contribution is 2.16. The minimum atomic E-state index is -3.24. The van der Waals surface area contributed by atoms with E-state index in [1.54, 1.807) is 18.2 Å². The van der Waals surface area contributed by atoms with Gasteiger partial charge in [0.1, 0.15) is 0 Å². The van der Waals surface area contributed by atoms with Crippen molar-refractivity contribution in [1.82, 2.24) is 0 Å². The summed E-state index contributed by atoms with van der Waals surface area (Å²) in [5, 5.41) is 0. The Balaban J connectivity index is 2.92. The lowest BCUT2D eigenvalue weighted by Crippen LogP contribution is -2.16. The summed E-state index contributed by atoms with van der Waals surface area (Å²) in [7, 11) is -3.24. The highest BCUT2D eigenvalue weighted by molar-refractivity contribution is 7.92. The number of nitrogens with two attached hydrogens (primary N) is 1. The fourth-order valence-corrected chi connectivity index (χ4v) is 2.64. The second-order valence-corrected chi connectivity index (χ2v) is 5.80. The maximum atomic E-state index is 11.6. The number of hydrogen-bond donors (Lipinski definition) is 2. The summed E-state index contributed by atoms with van der Waals surface area (Å²) in [5.74, 6) is 5.83. The van der Waals surface area contributed by atoms with Crippen LogP contribution >= 0.6 is 0 Å². The van der Waals surface area contributed by atoms with Gasteiger partial charge in [-0.1, -0.05) is 18.8 Å². The predicted molar refractivity (Wildman–Crippen MR) is 74.8 cm³/mol. The van der Waals surface area contributed by atoms with Crippen LogP contribution in [0.15, 0.2) is 18.2 Å². The predicted octanol–water partition coefficient (Wildman–Crippen LogP) is 1.46. The summed E-state index contributed by atoms with van der Waals surface area (Å²) < 4.78 is 25.8. The molecule has 0 aliphatic rings. The van der Waals surface area contributed by atoms with Crippen molar-refractivity contribution in [2.24, 2.45) is 5.73 Å². The van der Waals surface area contributed by atoms with Gasteiger partial charge in [-0.05, 0) is 37.1 Å². The van der Waals surface area contributed by atoms with E-state index in [2.05, 4.69) is 16.6 Å². The van der Waals surface area contributed by atoms with Crippen LogP contribution in [-0.2, 0) is 10.0 Å². The lowest BCUT2D eigenvalue weighted by atomic mass is 10.1. The molecule has 0 saturated heterocycles. The van der Waals surface area contributed by atoms with Crippen molar-refractivity contribution in [1.29, 1.82) is 0 Å². The van der Waals surface area contributed by atoms with E-state index in [1.807, 2.05) is 13.8 Å². The second-order valence-electron chi connectivity index (χ2n) is 3.96. The maximum absolute atomic E-state index is 11.6. The van der Waals surface area contributed by atoms with Gasteiger partial charge in [-0.15, -0.1) is 0 Å². The van der Waals surface area contributed by atoms with Crippen LogP contribution in [0, 0.1) is 18.8 Å². The zero-order chi connectivity index (χ0) is 13.6. The van der Waals surface area contributed by atoms with Gasteiger partial charge in [0, 0.05) is 11.3 Å². The van der Waals surface area contributed by atoms with E-state index in [4.69, 9.17) is 5.73 Å². The van der Waals surface area contributed by atoms with Gasteiger partial charge >= 0.3 is 0 Å². The number of benzene rings is 1. The molecule has 0 radical (unpaired) electrons. The molecule has 0 bridgehead atoms. The van der Waals surface area contributed by atoms with Gasteiger partial charge < -0.3 is 5.73 Å². The molecule has 1 rings (SSSR count). The Morgan fingerprint density at radius 2 is 2.11 bits per heavy atom. The van der Waals surface area contributed by atoms with E-state index >= 15 is 0 Å². The SMILES string of the molecule is CCCS(=O)(=O)Nc1ccc(C#CCN)c(C)c1. The molecule has 0 unspecified atom stereocenters. The quantitative estimate of drug-likeness (QED) is 0.810. The van der Waals surface area contributed by atoms with Crippen molar-refractivity contribution in [2.45, 2.75) is 20.3 Å². The normalized spacial score (nSPS) is 10.6. The van der Waals surface area contributed by atoms with Crippen LogP contribution in [0.1, 0.15) is 24.5 Å². The van der Waals surface area contributed by atoms with Crippen LogP contribution in [0.4, 0.5) is 5.69 Å². The van der Waals surface area contributed by atoms with E-state index < -0.39 is 10.0 Å². The molecule has 0 aliphatic heterocycles. The van der Waals surface area contributed by atoms with E-state index in [-0.39, 0.29) is 5.75 Å². The molecule has 18 heavy (non-hydrogen) atoms. The minimum absolute atomic E-state index is 0.126. The molecular weight excluding hydrogens is 248 g/mol. The third kappa shape index (κ3) is 4.40. The van der Waals surface area contributed by atoms with Crippen molar-refractivity contribution >= 4 is 15.7 Å². The van der Waals surface area contributed by atoms with E-state index in [0.717, 1.165) is 11.1 Å². The summed E-state index contributed by atoms with van der Waals surface area (Å²) in [6, 6.07) is 5.27. The molecule has 0 spiro atoms. The molecule has 0 heterocycles. The smallest absolute Gasteiger partial charge is 0.232 e. The summed E-state index contributed by atoms with van der Waals surface area (Å²) in [6.07, 6.45) is 0.592. The van der Waals surface area contributed by atoms with Gasteiger partial charge in [-0.2, -0.15) is 0 Å². The zero-order valence-corrected chi connectivity index (χ0v) is 11.5. The van der Waals surface area contributed by atoms with Gasteiger partial charge in [0.2, 0.25) is 10.0 Å². The molecule has 0 aliphatic carbocycles. The molecular formula is C13H18N2O2S. The van der Waals surface area contributed by atoms with Crippen LogP contribution in [0.5, 0.6) is 0 Å². The first kappa shape index (κ1) is 14.6. The van der Waals surface area contributed by atoms with Crippen LogP contribution < -0.4 is 10.5 Å². The molecule has 3 N–H and O–H groups in total. The van der Waals surface area contributed by atoms with Crippen molar-refractivity contribution in [3.05, 3.63) is 29.3 Å². The summed E-state index contributed by atoms with van der Waals surface area (Å²) >= 11 is 0. The van der Waals surface area contributed by atoms with Crippen LogP contribution in [0.3, 0.4) is 0 Å².